The van der Waals surface area contributed by atoms with Crippen LogP contribution < -0.4 is 4.90 Å². The van der Waals surface area contributed by atoms with E-state index in [9.17, 15) is 19.5 Å². The standard InChI is InChI=1S/C27H31ClN2O6/c28-18-9-11-19(12-10-18)29-15-7-13-27-22(24(32)30(14-4-5-16-31)23(27)25(29)33)21-20(36-27)8-3-1-2-6-17-35-26(21)34/h3,7-13,20-23,31H,1-2,4-6,14-17H2/b8-3-/t20-,21+,22-,23?,27-/m0/s1. The first kappa shape index (κ1) is 25.0. The van der Waals surface area contributed by atoms with Crippen LogP contribution in [0.25, 0.3) is 0 Å². The van der Waals surface area contributed by atoms with E-state index in [1.807, 2.05) is 24.3 Å². The number of ether oxygens (including phenoxy) is 2. The predicted molar refractivity (Wildman–Crippen MR) is 133 cm³/mol. The number of amides is 2. The van der Waals surface area contributed by atoms with Gasteiger partial charge in [0, 0.05) is 30.4 Å². The van der Waals surface area contributed by atoms with Crippen LogP contribution in [0.5, 0.6) is 0 Å². The molecule has 0 aliphatic carbocycles. The number of esters is 1. The van der Waals surface area contributed by atoms with Gasteiger partial charge in [-0.15, -0.1) is 0 Å². The van der Waals surface area contributed by atoms with Crippen molar-refractivity contribution in [1.82, 2.24) is 4.90 Å². The van der Waals surface area contributed by atoms with Crippen LogP contribution in [0.4, 0.5) is 5.69 Å². The van der Waals surface area contributed by atoms with E-state index in [2.05, 4.69) is 0 Å². The lowest BCUT2D eigenvalue weighted by Crippen LogP contribution is -2.55. The van der Waals surface area contributed by atoms with Gasteiger partial charge >= 0.3 is 5.97 Å². The molecule has 9 heteroatoms. The molecule has 2 fully saturated rings. The van der Waals surface area contributed by atoms with Crippen molar-refractivity contribution < 1.29 is 29.0 Å². The maximum atomic E-state index is 14.2. The Balaban J connectivity index is 1.58. The fraction of sp³-hybridized carbons (Fsp3) is 0.519. The molecule has 2 amide bonds. The van der Waals surface area contributed by atoms with E-state index < -0.39 is 35.6 Å². The highest BCUT2D eigenvalue weighted by atomic mass is 35.5. The molecule has 4 aliphatic heterocycles. The van der Waals surface area contributed by atoms with Gasteiger partial charge in [0.2, 0.25) is 5.91 Å². The Hall–Kier alpha value is -2.68. The molecular weight excluding hydrogens is 484 g/mol. The molecule has 4 aliphatic rings. The minimum atomic E-state index is -1.29. The Morgan fingerprint density at radius 1 is 1.06 bits per heavy atom. The Morgan fingerprint density at radius 2 is 1.86 bits per heavy atom. The van der Waals surface area contributed by atoms with E-state index in [1.54, 1.807) is 34.1 Å². The number of carbonyl (C=O) groups excluding carboxylic acids is 3. The van der Waals surface area contributed by atoms with Gasteiger partial charge in [-0.3, -0.25) is 14.4 Å². The average molecular weight is 515 g/mol. The summed E-state index contributed by atoms with van der Waals surface area (Å²) >= 11 is 6.07. The van der Waals surface area contributed by atoms with Crippen LogP contribution >= 0.6 is 11.6 Å². The number of unbranched alkanes of at least 4 members (excludes halogenated alkanes) is 1. The van der Waals surface area contributed by atoms with E-state index in [0.29, 0.717) is 36.7 Å². The zero-order valence-electron chi connectivity index (χ0n) is 20.1. The van der Waals surface area contributed by atoms with Crippen molar-refractivity contribution in [3.63, 3.8) is 0 Å². The first-order valence-electron chi connectivity index (χ1n) is 12.6. The Morgan fingerprint density at radius 3 is 2.64 bits per heavy atom. The Bertz CT molecular complexity index is 1070. The summed E-state index contributed by atoms with van der Waals surface area (Å²) < 4.78 is 12.2. The number of halogens is 1. The fourth-order valence-corrected chi connectivity index (χ4v) is 6.03. The average Bonchev–Trinajstić information content (AvgIpc) is 3.25. The van der Waals surface area contributed by atoms with Gasteiger partial charge in [0.15, 0.2) is 0 Å². The highest BCUT2D eigenvalue weighted by Crippen LogP contribution is 2.53. The van der Waals surface area contributed by atoms with Gasteiger partial charge in [-0.2, -0.15) is 0 Å². The van der Waals surface area contributed by atoms with Gasteiger partial charge in [0.1, 0.15) is 17.6 Å². The molecule has 1 aromatic rings. The van der Waals surface area contributed by atoms with Gasteiger partial charge in [0.25, 0.3) is 5.91 Å². The summed E-state index contributed by atoms with van der Waals surface area (Å²) in [7, 11) is 0. The molecule has 1 unspecified atom stereocenters. The highest BCUT2D eigenvalue weighted by molar-refractivity contribution is 6.30. The molecule has 2 saturated heterocycles. The first-order chi connectivity index (χ1) is 17.5. The quantitative estimate of drug-likeness (QED) is 0.369. The van der Waals surface area contributed by atoms with Crippen molar-refractivity contribution in [2.45, 2.75) is 49.9 Å². The van der Waals surface area contributed by atoms with E-state index in [0.717, 1.165) is 19.3 Å². The molecule has 5 rings (SSSR count). The predicted octanol–water partition coefficient (Wildman–Crippen LogP) is 2.88. The molecule has 0 radical (unpaired) electrons. The number of benzene rings is 1. The summed E-state index contributed by atoms with van der Waals surface area (Å²) in [4.78, 5) is 44.6. The maximum Gasteiger partial charge on any atom is 0.312 e. The molecule has 0 aromatic heterocycles. The van der Waals surface area contributed by atoms with Gasteiger partial charge in [0.05, 0.1) is 18.6 Å². The van der Waals surface area contributed by atoms with Gasteiger partial charge in [-0.05, 0) is 56.4 Å². The third-order valence-electron chi connectivity index (χ3n) is 7.55. The van der Waals surface area contributed by atoms with Gasteiger partial charge < -0.3 is 24.4 Å². The van der Waals surface area contributed by atoms with Crippen molar-refractivity contribution in [1.29, 1.82) is 0 Å². The van der Waals surface area contributed by atoms with Gasteiger partial charge in [-0.25, -0.2) is 0 Å². The van der Waals surface area contributed by atoms with E-state index in [-0.39, 0.29) is 25.0 Å². The molecule has 1 N–H and O–H groups in total. The number of allylic oxidation sites excluding steroid dienone is 1. The lowest BCUT2D eigenvalue weighted by atomic mass is 9.78. The van der Waals surface area contributed by atoms with Crippen LogP contribution in [-0.2, 0) is 23.9 Å². The number of hydrogen-bond acceptors (Lipinski definition) is 6. The summed E-state index contributed by atoms with van der Waals surface area (Å²) in [5.74, 6) is -2.73. The maximum absolute atomic E-state index is 14.2. The zero-order valence-corrected chi connectivity index (χ0v) is 20.8. The summed E-state index contributed by atoms with van der Waals surface area (Å²) in [5, 5.41) is 9.87. The second-order valence-corrected chi connectivity index (χ2v) is 10.2. The first-order valence-corrected chi connectivity index (χ1v) is 13.0. The highest BCUT2D eigenvalue weighted by Gasteiger charge is 2.71. The number of aliphatic hydroxyl groups excluding tert-OH is 1. The van der Waals surface area contributed by atoms with Crippen LogP contribution in [0.15, 0.2) is 48.6 Å². The molecule has 1 aromatic carbocycles. The fourth-order valence-electron chi connectivity index (χ4n) is 5.90. The van der Waals surface area contributed by atoms with Crippen LogP contribution in [0, 0.1) is 11.8 Å². The molecule has 36 heavy (non-hydrogen) atoms. The second-order valence-electron chi connectivity index (χ2n) is 9.72. The molecule has 5 atom stereocenters. The normalized spacial score (nSPS) is 33.0. The SMILES string of the molecule is O=C1OCCCC/C=C\[C@@H]2O[C@]34C=CCN(c5ccc(Cl)cc5)C(=O)C3N(CCCCO)C(=O)[C@@H]4[C@H]12. The molecular formula is C27H31ClN2O6. The minimum Gasteiger partial charge on any atom is -0.465 e. The third kappa shape index (κ3) is 4.25. The number of nitrogens with zero attached hydrogens (tertiary/aromatic N) is 2. The lowest BCUT2D eigenvalue weighted by Gasteiger charge is -2.35. The Kier molecular flexibility index (Phi) is 7.19. The summed E-state index contributed by atoms with van der Waals surface area (Å²) in [6.07, 6.45) is 10.3. The van der Waals surface area contributed by atoms with E-state index >= 15 is 0 Å². The summed E-state index contributed by atoms with van der Waals surface area (Å²) in [6.45, 7) is 0.863. The molecule has 1 spiro atoms. The lowest BCUT2D eigenvalue weighted by molar-refractivity contribution is -0.154. The van der Waals surface area contributed by atoms with Crippen LogP contribution in [0.2, 0.25) is 5.02 Å². The van der Waals surface area contributed by atoms with Crippen LogP contribution in [-0.4, -0.2) is 71.8 Å². The number of hydrogen-bond donors (Lipinski definition) is 1. The van der Waals surface area contributed by atoms with Crippen LogP contribution in [0.1, 0.15) is 32.1 Å². The number of fused-ring (bicyclic) bond motifs is 2. The summed E-state index contributed by atoms with van der Waals surface area (Å²) in [5.41, 5.74) is -0.630. The van der Waals surface area contributed by atoms with E-state index in [1.165, 1.54) is 0 Å². The zero-order chi connectivity index (χ0) is 25.3. The number of anilines is 1. The number of rotatable bonds is 5. The van der Waals surface area contributed by atoms with Crippen molar-refractivity contribution in [2.24, 2.45) is 11.8 Å². The number of carbonyl (C=O) groups is 3. The van der Waals surface area contributed by atoms with Crippen molar-refractivity contribution in [3.05, 3.63) is 53.6 Å². The Labute approximate surface area is 215 Å². The molecule has 0 bridgehead atoms. The molecule has 4 heterocycles. The monoisotopic (exact) mass is 514 g/mol. The molecule has 8 nitrogen and oxygen atoms in total. The van der Waals surface area contributed by atoms with Crippen molar-refractivity contribution >= 4 is 35.1 Å². The number of cyclic esters (lactones) is 1. The molecule has 0 saturated carbocycles. The van der Waals surface area contributed by atoms with Crippen LogP contribution in [0.3, 0.4) is 0 Å². The minimum absolute atomic E-state index is 0.00959. The molecule has 192 valence electrons. The van der Waals surface area contributed by atoms with Crippen molar-refractivity contribution in [2.75, 3.05) is 31.2 Å². The largest absolute Gasteiger partial charge is 0.465 e. The second kappa shape index (κ2) is 10.4. The third-order valence-corrected chi connectivity index (χ3v) is 7.80. The van der Waals surface area contributed by atoms with E-state index in [4.69, 9.17) is 21.1 Å². The smallest absolute Gasteiger partial charge is 0.312 e. The van der Waals surface area contributed by atoms with Gasteiger partial charge in [-0.1, -0.05) is 35.9 Å². The summed E-state index contributed by atoms with van der Waals surface area (Å²) in [6, 6.07) is 6.04. The topological polar surface area (TPSA) is 96.4 Å². The number of likely N-dealkylation sites (tertiary alicyclic amines) is 1. The number of aliphatic hydroxyl groups is 1. The van der Waals surface area contributed by atoms with Crippen molar-refractivity contribution in [3.8, 4) is 0 Å².